The summed E-state index contributed by atoms with van der Waals surface area (Å²) < 4.78 is 14.2. The van der Waals surface area contributed by atoms with Gasteiger partial charge in [-0.1, -0.05) is 26.8 Å². The van der Waals surface area contributed by atoms with Gasteiger partial charge in [0.2, 0.25) is 10.9 Å². The maximum Gasteiger partial charge on any atom is 0.295 e. The lowest BCUT2D eigenvalue weighted by Crippen LogP contribution is -2.55. The van der Waals surface area contributed by atoms with Gasteiger partial charge < -0.3 is 14.8 Å². The Morgan fingerprint density at radius 3 is 2.33 bits per heavy atom. The van der Waals surface area contributed by atoms with E-state index >= 15 is 0 Å². The maximum absolute atomic E-state index is 14.2. The van der Waals surface area contributed by atoms with Crippen LogP contribution in [-0.4, -0.2) is 47.8 Å². The number of rotatable bonds is 3. The number of hydrogen-bond acceptors (Lipinski definition) is 5. The first kappa shape index (κ1) is 20.0. The number of amides is 1. The summed E-state index contributed by atoms with van der Waals surface area (Å²) in [6.07, 6.45) is 1.35. The van der Waals surface area contributed by atoms with Crippen molar-refractivity contribution < 1.29 is 14.0 Å². The normalized spacial score (nSPS) is 15.2. The monoisotopic (exact) mass is 411 g/mol. The van der Waals surface area contributed by atoms with Crippen LogP contribution in [0.15, 0.2) is 34.0 Å². The number of fused-ring (bicyclic) bond motifs is 1. The van der Waals surface area contributed by atoms with Crippen LogP contribution in [0.4, 0.5) is 10.1 Å². The lowest BCUT2D eigenvalue weighted by atomic mass is 9.82. The van der Waals surface area contributed by atoms with Gasteiger partial charge in [-0.2, -0.15) is 0 Å². The molecule has 1 amide bonds. The molecule has 8 heteroatoms. The van der Waals surface area contributed by atoms with Crippen LogP contribution in [0.1, 0.15) is 36.7 Å². The number of piperazine rings is 1. The molecule has 0 atom stereocenters. The first-order valence-corrected chi connectivity index (χ1v) is 9.79. The highest BCUT2D eigenvalue weighted by Crippen LogP contribution is 2.29. The van der Waals surface area contributed by atoms with E-state index in [1.54, 1.807) is 6.07 Å². The first-order valence-electron chi connectivity index (χ1n) is 9.79. The second-order valence-corrected chi connectivity index (χ2v) is 8.60. The van der Waals surface area contributed by atoms with Gasteiger partial charge in [0.25, 0.3) is 11.7 Å². The van der Waals surface area contributed by atoms with Gasteiger partial charge in [-0.25, -0.2) is 4.39 Å². The molecular formula is C22H22FN3O4. The van der Waals surface area contributed by atoms with Crippen molar-refractivity contribution in [2.24, 2.45) is 0 Å². The Kier molecular flexibility index (Phi) is 4.60. The Hall–Kier alpha value is -3.29. The van der Waals surface area contributed by atoms with Crippen molar-refractivity contribution in [1.29, 1.82) is 0 Å². The average Bonchev–Trinajstić information content (AvgIpc) is 3.15. The summed E-state index contributed by atoms with van der Waals surface area (Å²) in [5.74, 6) is -2.05. The topological polar surface area (TPSA) is 90.6 Å². The van der Waals surface area contributed by atoms with Crippen LogP contribution in [0.25, 0.3) is 10.9 Å². The zero-order valence-corrected chi connectivity index (χ0v) is 17.0. The smallest absolute Gasteiger partial charge is 0.295 e. The largest absolute Gasteiger partial charge is 0.364 e. The van der Waals surface area contributed by atoms with E-state index in [2.05, 4.69) is 4.98 Å². The fourth-order valence-electron chi connectivity index (χ4n) is 4.09. The van der Waals surface area contributed by atoms with Crippen LogP contribution in [0.5, 0.6) is 0 Å². The van der Waals surface area contributed by atoms with Crippen molar-refractivity contribution in [3.8, 4) is 0 Å². The molecule has 30 heavy (non-hydrogen) atoms. The molecule has 1 saturated heterocycles. The fraction of sp³-hybridized carbons (Fsp3) is 0.364. The molecule has 2 heterocycles. The van der Waals surface area contributed by atoms with Crippen molar-refractivity contribution in [2.45, 2.75) is 26.2 Å². The fourth-order valence-corrected chi connectivity index (χ4v) is 4.09. The van der Waals surface area contributed by atoms with Crippen LogP contribution in [-0.2, 0) is 10.2 Å². The third-order valence-corrected chi connectivity index (χ3v) is 5.61. The number of carbonyl (C=O) groups excluding carboxylic acids is 2. The quantitative estimate of drug-likeness (QED) is 0.524. The highest BCUT2D eigenvalue weighted by atomic mass is 19.1. The third kappa shape index (κ3) is 3.03. The molecule has 4 rings (SSSR count). The molecule has 1 N–H and O–H groups in total. The van der Waals surface area contributed by atoms with Gasteiger partial charge in [-0.05, 0) is 17.5 Å². The maximum atomic E-state index is 14.2. The summed E-state index contributed by atoms with van der Waals surface area (Å²) >= 11 is 0. The molecule has 0 unspecified atom stereocenters. The predicted molar refractivity (Wildman–Crippen MR) is 111 cm³/mol. The van der Waals surface area contributed by atoms with E-state index in [0.29, 0.717) is 29.9 Å². The Morgan fingerprint density at radius 2 is 1.70 bits per heavy atom. The molecular weight excluding hydrogens is 389 g/mol. The molecule has 1 aliphatic heterocycles. The van der Waals surface area contributed by atoms with Crippen molar-refractivity contribution in [3.05, 3.63) is 61.8 Å². The molecule has 0 radical (unpaired) electrons. The second kappa shape index (κ2) is 6.90. The van der Waals surface area contributed by atoms with Gasteiger partial charge in [0.15, 0.2) is 0 Å². The van der Waals surface area contributed by atoms with Gasteiger partial charge in [0, 0.05) is 48.8 Å². The summed E-state index contributed by atoms with van der Waals surface area (Å²) in [6.45, 7) is 6.79. The summed E-state index contributed by atoms with van der Waals surface area (Å²) in [5.41, 5.74) is 0.00138. The summed E-state index contributed by atoms with van der Waals surface area (Å²) in [6, 6.07) is 4.40. The van der Waals surface area contributed by atoms with Crippen molar-refractivity contribution >= 4 is 28.3 Å². The number of Topliss-reactive ketones (excluding diaryl/α,β-unsaturated/α-hetero) is 1. The molecule has 1 fully saturated rings. The minimum absolute atomic E-state index is 0.00743. The van der Waals surface area contributed by atoms with E-state index in [9.17, 15) is 23.6 Å². The number of aromatic nitrogens is 1. The third-order valence-electron chi connectivity index (χ3n) is 5.61. The van der Waals surface area contributed by atoms with E-state index in [4.69, 9.17) is 0 Å². The van der Waals surface area contributed by atoms with E-state index in [-0.39, 0.29) is 24.0 Å². The number of ketones is 1. The lowest BCUT2D eigenvalue weighted by molar-refractivity contribution is -0.126. The molecule has 1 aromatic heterocycles. The Bertz CT molecular complexity index is 1240. The van der Waals surface area contributed by atoms with Gasteiger partial charge in [-0.3, -0.25) is 19.2 Å². The van der Waals surface area contributed by atoms with Gasteiger partial charge in [0.05, 0.1) is 11.3 Å². The van der Waals surface area contributed by atoms with Gasteiger partial charge in [0.1, 0.15) is 5.82 Å². The number of anilines is 1. The standard InChI is InChI=1S/C22H22FN3O4/c1-22(2,3)16-17(20(29)19(16)28)25-7-9-26(10-8-25)21(30)18(27)12-11-24-14-6-4-5-13(23)15(12)14/h4-6,11,24H,7-10H2,1-3H3. The number of hydrogen-bond donors (Lipinski definition) is 1. The van der Waals surface area contributed by atoms with E-state index in [0.717, 1.165) is 0 Å². The molecule has 0 spiro atoms. The number of nitrogens with zero attached hydrogens (tertiary/aromatic N) is 2. The van der Waals surface area contributed by atoms with Crippen LogP contribution in [0, 0.1) is 5.82 Å². The van der Waals surface area contributed by atoms with E-state index in [1.165, 1.54) is 23.2 Å². The Labute approximate surface area is 171 Å². The van der Waals surface area contributed by atoms with E-state index < -0.39 is 33.8 Å². The Balaban J connectivity index is 1.50. The molecule has 0 saturated carbocycles. The highest BCUT2D eigenvalue weighted by Gasteiger charge is 2.36. The van der Waals surface area contributed by atoms with Crippen LogP contribution in [0.2, 0.25) is 0 Å². The minimum atomic E-state index is -0.774. The number of benzene rings is 1. The van der Waals surface area contributed by atoms with Crippen molar-refractivity contribution in [2.75, 3.05) is 31.1 Å². The zero-order chi connectivity index (χ0) is 21.8. The minimum Gasteiger partial charge on any atom is -0.364 e. The number of halogens is 1. The molecule has 156 valence electrons. The molecule has 3 aromatic rings. The molecule has 2 aromatic carbocycles. The number of carbonyl (C=O) groups is 2. The Morgan fingerprint density at radius 1 is 1.03 bits per heavy atom. The van der Waals surface area contributed by atoms with Crippen LogP contribution >= 0.6 is 0 Å². The number of nitrogens with one attached hydrogen (secondary N) is 1. The van der Waals surface area contributed by atoms with E-state index in [1.807, 2.05) is 25.7 Å². The number of H-pyrrole nitrogens is 1. The summed E-state index contributed by atoms with van der Waals surface area (Å²) in [7, 11) is 0. The molecule has 7 nitrogen and oxygen atoms in total. The number of aromatic amines is 1. The zero-order valence-electron chi connectivity index (χ0n) is 17.0. The van der Waals surface area contributed by atoms with Crippen LogP contribution in [0.3, 0.4) is 0 Å². The first-order chi connectivity index (χ1) is 14.1. The van der Waals surface area contributed by atoms with Crippen molar-refractivity contribution in [3.63, 3.8) is 0 Å². The SMILES string of the molecule is CC(C)(C)c1c(N2CCN(C(=O)C(=O)c3c[nH]c4cccc(F)c34)CC2)c(=O)c1=O. The predicted octanol–water partition coefficient (Wildman–Crippen LogP) is 1.73. The van der Waals surface area contributed by atoms with Gasteiger partial charge >= 0.3 is 0 Å². The van der Waals surface area contributed by atoms with Gasteiger partial charge in [-0.15, -0.1) is 0 Å². The average molecular weight is 411 g/mol. The molecule has 0 aliphatic carbocycles. The molecule has 1 aliphatic rings. The summed E-state index contributed by atoms with van der Waals surface area (Å²) in [5, 5.41) is 0.105. The summed E-state index contributed by atoms with van der Waals surface area (Å²) in [4.78, 5) is 55.6. The van der Waals surface area contributed by atoms with Crippen molar-refractivity contribution in [1.82, 2.24) is 9.88 Å². The second-order valence-electron chi connectivity index (χ2n) is 8.60. The highest BCUT2D eigenvalue weighted by molar-refractivity contribution is 6.44. The van der Waals surface area contributed by atoms with Crippen LogP contribution < -0.4 is 15.8 Å². The lowest BCUT2D eigenvalue weighted by Gasteiger charge is -2.38. The molecule has 0 bridgehead atoms.